The molecular formula is C11H19N3O. The summed E-state index contributed by atoms with van der Waals surface area (Å²) in [6, 6.07) is 0.311. The van der Waals surface area contributed by atoms with Crippen LogP contribution >= 0.6 is 0 Å². The molecule has 0 saturated carbocycles. The number of rotatable bonds is 4. The van der Waals surface area contributed by atoms with Crippen molar-refractivity contribution in [2.24, 2.45) is 13.0 Å². The average molecular weight is 209 g/mol. The Hall–Kier alpha value is -0.870. The summed E-state index contributed by atoms with van der Waals surface area (Å²) in [6.45, 7) is 5.00. The first kappa shape index (κ1) is 10.6. The van der Waals surface area contributed by atoms with E-state index in [1.54, 1.807) is 0 Å². The Morgan fingerprint density at radius 2 is 2.60 bits per heavy atom. The molecule has 1 fully saturated rings. The first-order valence-corrected chi connectivity index (χ1v) is 5.55. The number of imidazole rings is 1. The molecule has 1 saturated heterocycles. The summed E-state index contributed by atoms with van der Waals surface area (Å²) in [5.74, 6) is 1.77. The minimum absolute atomic E-state index is 0.311. The Labute approximate surface area is 90.6 Å². The SMILES string of the molecule is CC(NCC1CCOC1)c1nccn1C. The lowest BCUT2D eigenvalue weighted by atomic mass is 10.1. The van der Waals surface area contributed by atoms with Crippen molar-refractivity contribution in [1.82, 2.24) is 14.9 Å². The van der Waals surface area contributed by atoms with Crippen LogP contribution in [-0.2, 0) is 11.8 Å². The molecule has 1 N–H and O–H groups in total. The van der Waals surface area contributed by atoms with Gasteiger partial charge in [0.2, 0.25) is 0 Å². The predicted octanol–water partition coefficient (Wildman–Crippen LogP) is 1.11. The summed E-state index contributed by atoms with van der Waals surface area (Å²) in [5.41, 5.74) is 0. The van der Waals surface area contributed by atoms with E-state index >= 15 is 0 Å². The van der Waals surface area contributed by atoms with Gasteiger partial charge in [-0.15, -0.1) is 0 Å². The van der Waals surface area contributed by atoms with Gasteiger partial charge in [-0.2, -0.15) is 0 Å². The van der Waals surface area contributed by atoms with Gasteiger partial charge in [-0.05, 0) is 19.3 Å². The second kappa shape index (κ2) is 4.77. The molecule has 0 bridgehead atoms. The highest BCUT2D eigenvalue weighted by molar-refractivity contribution is 4.97. The molecule has 0 aromatic carbocycles. The topological polar surface area (TPSA) is 39.1 Å². The first-order chi connectivity index (χ1) is 7.27. The maximum Gasteiger partial charge on any atom is 0.125 e. The molecule has 0 radical (unpaired) electrons. The molecule has 1 aromatic rings. The summed E-state index contributed by atoms with van der Waals surface area (Å²) >= 11 is 0. The van der Waals surface area contributed by atoms with Gasteiger partial charge in [0.05, 0.1) is 12.6 Å². The molecule has 0 amide bonds. The Balaban J connectivity index is 1.81. The van der Waals surface area contributed by atoms with Gasteiger partial charge in [0.1, 0.15) is 5.82 Å². The zero-order valence-electron chi connectivity index (χ0n) is 9.44. The summed E-state index contributed by atoms with van der Waals surface area (Å²) in [7, 11) is 2.03. The van der Waals surface area contributed by atoms with Gasteiger partial charge in [-0.25, -0.2) is 4.98 Å². The molecule has 2 unspecified atom stereocenters. The molecule has 84 valence electrons. The number of nitrogens with one attached hydrogen (secondary N) is 1. The lowest BCUT2D eigenvalue weighted by Crippen LogP contribution is -2.27. The Morgan fingerprint density at radius 3 is 3.20 bits per heavy atom. The van der Waals surface area contributed by atoms with E-state index < -0.39 is 0 Å². The number of hydrogen-bond donors (Lipinski definition) is 1. The van der Waals surface area contributed by atoms with Crippen LogP contribution in [0.3, 0.4) is 0 Å². The van der Waals surface area contributed by atoms with Crippen molar-refractivity contribution in [1.29, 1.82) is 0 Å². The molecule has 0 spiro atoms. The standard InChI is InChI=1S/C11H19N3O/c1-9(11-12-4-5-14(11)2)13-7-10-3-6-15-8-10/h4-5,9-10,13H,3,6-8H2,1-2H3. The fourth-order valence-electron chi connectivity index (χ4n) is 1.97. The molecule has 2 rings (SSSR count). The molecule has 0 aliphatic carbocycles. The van der Waals surface area contributed by atoms with E-state index in [0.29, 0.717) is 12.0 Å². The predicted molar refractivity (Wildman–Crippen MR) is 58.6 cm³/mol. The van der Waals surface area contributed by atoms with Crippen LogP contribution in [-0.4, -0.2) is 29.3 Å². The number of aryl methyl sites for hydroxylation is 1. The first-order valence-electron chi connectivity index (χ1n) is 5.55. The van der Waals surface area contributed by atoms with E-state index in [-0.39, 0.29) is 0 Å². The third kappa shape index (κ3) is 2.58. The highest BCUT2D eigenvalue weighted by Crippen LogP contribution is 2.14. The van der Waals surface area contributed by atoms with Crippen LogP contribution in [0.25, 0.3) is 0 Å². The van der Waals surface area contributed by atoms with Crippen LogP contribution < -0.4 is 5.32 Å². The summed E-state index contributed by atoms with van der Waals surface area (Å²) in [6.07, 6.45) is 5.00. The van der Waals surface area contributed by atoms with Crippen LogP contribution in [0.5, 0.6) is 0 Å². The van der Waals surface area contributed by atoms with Crippen molar-refractivity contribution in [3.8, 4) is 0 Å². The average Bonchev–Trinajstić information content (AvgIpc) is 2.84. The Kier molecular flexibility index (Phi) is 3.38. The molecule has 15 heavy (non-hydrogen) atoms. The Bertz CT molecular complexity index is 305. The van der Waals surface area contributed by atoms with Crippen LogP contribution in [0.15, 0.2) is 12.4 Å². The van der Waals surface area contributed by atoms with E-state index in [0.717, 1.165) is 25.6 Å². The van der Waals surface area contributed by atoms with E-state index in [9.17, 15) is 0 Å². The fourth-order valence-corrected chi connectivity index (χ4v) is 1.97. The third-order valence-electron chi connectivity index (χ3n) is 2.98. The summed E-state index contributed by atoms with van der Waals surface area (Å²) in [4.78, 5) is 4.33. The van der Waals surface area contributed by atoms with Gasteiger partial charge in [-0.3, -0.25) is 0 Å². The monoisotopic (exact) mass is 209 g/mol. The highest BCUT2D eigenvalue weighted by Gasteiger charge is 2.17. The van der Waals surface area contributed by atoms with Crippen molar-refractivity contribution in [3.05, 3.63) is 18.2 Å². The number of hydrogen-bond acceptors (Lipinski definition) is 3. The van der Waals surface area contributed by atoms with E-state index in [4.69, 9.17) is 4.74 Å². The molecule has 4 nitrogen and oxygen atoms in total. The van der Waals surface area contributed by atoms with E-state index in [2.05, 4.69) is 21.8 Å². The van der Waals surface area contributed by atoms with E-state index in [1.807, 2.05) is 19.4 Å². The molecule has 1 aromatic heterocycles. The van der Waals surface area contributed by atoms with Gasteiger partial charge in [0, 0.05) is 32.6 Å². The lowest BCUT2D eigenvalue weighted by Gasteiger charge is -2.16. The van der Waals surface area contributed by atoms with Crippen molar-refractivity contribution < 1.29 is 4.74 Å². The molecule has 1 aliphatic heterocycles. The van der Waals surface area contributed by atoms with E-state index in [1.165, 1.54) is 6.42 Å². The van der Waals surface area contributed by atoms with Crippen LogP contribution in [0.2, 0.25) is 0 Å². The quantitative estimate of drug-likeness (QED) is 0.807. The third-order valence-corrected chi connectivity index (χ3v) is 2.98. The summed E-state index contributed by atoms with van der Waals surface area (Å²) < 4.78 is 7.40. The minimum atomic E-state index is 0.311. The van der Waals surface area contributed by atoms with Gasteiger partial charge >= 0.3 is 0 Å². The second-order valence-corrected chi connectivity index (χ2v) is 4.26. The molecular weight excluding hydrogens is 190 g/mol. The largest absolute Gasteiger partial charge is 0.381 e. The zero-order chi connectivity index (χ0) is 10.7. The number of nitrogens with zero attached hydrogens (tertiary/aromatic N) is 2. The number of aromatic nitrogens is 2. The second-order valence-electron chi connectivity index (χ2n) is 4.26. The Morgan fingerprint density at radius 1 is 1.73 bits per heavy atom. The van der Waals surface area contributed by atoms with Gasteiger partial charge in [0.25, 0.3) is 0 Å². The zero-order valence-corrected chi connectivity index (χ0v) is 9.44. The van der Waals surface area contributed by atoms with Gasteiger partial charge < -0.3 is 14.6 Å². The molecule has 4 heteroatoms. The van der Waals surface area contributed by atoms with Crippen LogP contribution in [0.4, 0.5) is 0 Å². The van der Waals surface area contributed by atoms with Crippen LogP contribution in [0, 0.1) is 5.92 Å². The summed E-state index contributed by atoms with van der Waals surface area (Å²) in [5, 5.41) is 3.50. The fraction of sp³-hybridized carbons (Fsp3) is 0.727. The maximum atomic E-state index is 5.34. The van der Waals surface area contributed by atoms with Crippen molar-refractivity contribution >= 4 is 0 Å². The van der Waals surface area contributed by atoms with Crippen molar-refractivity contribution in [3.63, 3.8) is 0 Å². The molecule has 2 heterocycles. The highest BCUT2D eigenvalue weighted by atomic mass is 16.5. The lowest BCUT2D eigenvalue weighted by molar-refractivity contribution is 0.184. The number of ether oxygens (including phenoxy) is 1. The van der Waals surface area contributed by atoms with Crippen molar-refractivity contribution in [2.45, 2.75) is 19.4 Å². The maximum absolute atomic E-state index is 5.34. The van der Waals surface area contributed by atoms with Crippen molar-refractivity contribution in [2.75, 3.05) is 19.8 Å². The van der Waals surface area contributed by atoms with Gasteiger partial charge in [-0.1, -0.05) is 0 Å². The molecule has 2 atom stereocenters. The van der Waals surface area contributed by atoms with Gasteiger partial charge in [0.15, 0.2) is 0 Å². The van der Waals surface area contributed by atoms with Crippen LogP contribution in [0.1, 0.15) is 25.2 Å². The smallest absolute Gasteiger partial charge is 0.125 e. The minimum Gasteiger partial charge on any atom is -0.381 e. The normalized spacial score (nSPS) is 23.2. The molecule has 1 aliphatic rings.